The van der Waals surface area contributed by atoms with Crippen molar-refractivity contribution in [1.29, 1.82) is 5.26 Å². The number of nitrogens with zero attached hydrogens (tertiary/aromatic N) is 1. The predicted octanol–water partition coefficient (Wildman–Crippen LogP) is 6.10. The van der Waals surface area contributed by atoms with E-state index in [1.165, 1.54) is 12.1 Å². The lowest BCUT2D eigenvalue weighted by Gasteiger charge is -2.13. The first-order valence-electron chi connectivity index (χ1n) is 10.0. The summed E-state index contributed by atoms with van der Waals surface area (Å²) in [4.78, 5) is 12.7. The molecular weight excluding hydrogens is 403 g/mol. The molecule has 0 aliphatic rings. The van der Waals surface area contributed by atoms with Crippen molar-refractivity contribution in [2.45, 2.75) is 6.61 Å². The smallest absolute Gasteiger partial charge is 0.266 e. The number of ether oxygens (including phenoxy) is 1. The molecular formula is C27H19FN2O2. The van der Waals surface area contributed by atoms with Gasteiger partial charge >= 0.3 is 0 Å². The Morgan fingerprint density at radius 3 is 2.41 bits per heavy atom. The lowest BCUT2D eigenvalue weighted by molar-refractivity contribution is -0.112. The zero-order chi connectivity index (χ0) is 22.3. The molecule has 4 aromatic carbocycles. The molecule has 0 spiro atoms. The zero-order valence-corrected chi connectivity index (χ0v) is 17.1. The maximum atomic E-state index is 13.2. The summed E-state index contributed by atoms with van der Waals surface area (Å²) in [5.41, 5.74) is 1.99. The number of hydrogen-bond acceptors (Lipinski definition) is 3. The summed E-state index contributed by atoms with van der Waals surface area (Å²) in [5.74, 6) is -0.296. The van der Waals surface area contributed by atoms with Gasteiger partial charge in [0.15, 0.2) is 0 Å². The van der Waals surface area contributed by atoms with Crippen molar-refractivity contribution in [3.05, 3.63) is 114 Å². The summed E-state index contributed by atoms with van der Waals surface area (Å²) in [7, 11) is 0. The predicted molar refractivity (Wildman–Crippen MR) is 123 cm³/mol. The normalized spacial score (nSPS) is 11.1. The Kier molecular flexibility index (Phi) is 6.24. The van der Waals surface area contributed by atoms with Crippen molar-refractivity contribution < 1.29 is 13.9 Å². The third-order valence-electron chi connectivity index (χ3n) is 4.92. The number of carbonyl (C=O) groups is 1. The first kappa shape index (κ1) is 20.8. The summed E-state index contributed by atoms with van der Waals surface area (Å²) < 4.78 is 19.2. The van der Waals surface area contributed by atoms with Crippen LogP contribution in [0, 0.1) is 17.1 Å². The molecule has 1 N–H and O–H groups in total. The van der Waals surface area contributed by atoms with Gasteiger partial charge < -0.3 is 10.1 Å². The Morgan fingerprint density at radius 2 is 1.66 bits per heavy atom. The second-order valence-corrected chi connectivity index (χ2v) is 7.10. The molecule has 0 radical (unpaired) electrons. The summed E-state index contributed by atoms with van der Waals surface area (Å²) in [5, 5.41) is 14.2. The van der Waals surface area contributed by atoms with E-state index in [4.69, 9.17) is 4.74 Å². The van der Waals surface area contributed by atoms with Gasteiger partial charge in [0.2, 0.25) is 0 Å². The molecule has 32 heavy (non-hydrogen) atoms. The molecule has 0 fully saturated rings. The fourth-order valence-electron chi connectivity index (χ4n) is 3.30. The molecule has 4 rings (SSSR count). The molecule has 0 aliphatic heterocycles. The van der Waals surface area contributed by atoms with Crippen LogP contribution in [0.15, 0.2) is 96.6 Å². The summed E-state index contributed by atoms with van der Waals surface area (Å²) in [6, 6.07) is 28.4. The number of para-hydroxylation sites is 1. The number of benzene rings is 4. The van der Waals surface area contributed by atoms with E-state index in [9.17, 15) is 14.4 Å². The van der Waals surface area contributed by atoms with Gasteiger partial charge in [-0.1, -0.05) is 60.7 Å². The van der Waals surface area contributed by atoms with E-state index in [-0.39, 0.29) is 18.0 Å². The van der Waals surface area contributed by atoms with Crippen molar-refractivity contribution in [3.63, 3.8) is 0 Å². The van der Waals surface area contributed by atoms with Crippen molar-refractivity contribution in [2.24, 2.45) is 0 Å². The van der Waals surface area contributed by atoms with Gasteiger partial charge in [-0.05, 0) is 52.7 Å². The van der Waals surface area contributed by atoms with Crippen LogP contribution in [0.2, 0.25) is 0 Å². The quantitative estimate of drug-likeness (QED) is 0.301. The van der Waals surface area contributed by atoms with Crippen LogP contribution < -0.4 is 10.1 Å². The van der Waals surface area contributed by atoms with Gasteiger partial charge in [-0.2, -0.15) is 5.26 Å². The molecule has 156 valence electrons. The highest BCUT2D eigenvalue weighted by Crippen LogP contribution is 2.31. The number of hydrogen-bond donors (Lipinski definition) is 1. The van der Waals surface area contributed by atoms with E-state index in [0.717, 1.165) is 16.3 Å². The minimum atomic E-state index is -0.504. The molecule has 0 bridgehead atoms. The minimum Gasteiger partial charge on any atom is -0.488 e. The van der Waals surface area contributed by atoms with Crippen molar-refractivity contribution in [1.82, 2.24) is 0 Å². The highest BCUT2D eigenvalue weighted by atomic mass is 19.1. The monoisotopic (exact) mass is 422 g/mol. The molecule has 1 amide bonds. The zero-order valence-electron chi connectivity index (χ0n) is 17.1. The lowest BCUT2D eigenvalue weighted by atomic mass is 10.0. The van der Waals surface area contributed by atoms with Crippen LogP contribution in [0.25, 0.3) is 16.8 Å². The first-order valence-corrected chi connectivity index (χ1v) is 10.0. The highest BCUT2D eigenvalue weighted by molar-refractivity contribution is 6.11. The van der Waals surface area contributed by atoms with E-state index in [1.807, 2.05) is 48.5 Å². The molecule has 0 aromatic heterocycles. The Labute approximate surface area is 185 Å². The van der Waals surface area contributed by atoms with E-state index in [2.05, 4.69) is 5.32 Å². The number of halogens is 1. The molecule has 0 saturated carbocycles. The SMILES string of the molecule is N#C/C(=C\c1c(OCc2ccc(F)cc2)ccc2ccccc12)C(=O)Nc1ccccc1. The summed E-state index contributed by atoms with van der Waals surface area (Å²) in [6.45, 7) is 0.220. The van der Waals surface area contributed by atoms with Crippen LogP contribution >= 0.6 is 0 Å². The van der Waals surface area contributed by atoms with Gasteiger partial charge in [0.25, 0.3) is 5.91 Å². The molecule has 5 heteroatoms. The van der Waals surface area contributed by atoms with E-state index in [1.54, 1.807) is 42.5 Å². The Balaban J connectivity index is 1.69. The van der Waals surface area contributed by atoms with Crippen molar-refractivity contribution in [3.8, 4) is 11.8 Å². The van der Waals surface area contributed by atoms with Gasteiger partial charge in [0.1, 0.15) is 29.8 Å². The molecule has 4 aromatic rings. The average molecular weight is 422 g/mol. The fourth-order valence-corrected chi connectivity index (χ4v) is 3.30. The number of anilines is 1. The summed E-state index contributed by atoms with van der Waals surface area (Å²) >= 11 is 0. The minimum absolute atomic E-state index is 0.0446. The second-order valence-electron chi connectivity index (χ2n) is 7.10. The van der Waals surface area contributed by atoms with Crippen LogP contribution in [0.3, 0.4) is 0 Å². The largest absolute Gasteiger partial charge is 0.488 e. The second kappa shape index (κ2) is 9.59. The number of nitrogens with one attached hydrogen (secondary N) is 1. The molecule has 0 heterocycles. The Bertz CT molecular complexity index is 1320. The fraction of sp³-hybridized carbons (Fsp3) is 0.0370. The molecule has 0 saturated heterocycles. The third-order valence-corrected chi connectivity index (χ3v) is 4.92. The highest BCUT2D eigenvalue weighted by Gasteiger charge is 2.14. The van der Waals surface area contributed by atoms with Gasteiger partial charge in [-0.3, -0.25) is 4.79 Å². The van der Waals surface area contributed by atoms with Crippen molar-refractivity contribution in [2.75, 3.05) is 5.32 Å². The van der Waals surface area contributed by atoms with E-state index >= 15 is 0 Å². The van der Waals surface area contributed by atoms with Gasteiger partial charge in [-0.15, -0.1) is 0 Å². The van der Waals surface area contributed by atoms with Crippen LogP contribution in [0.4, 0.5) is 10.1 Å². The Morgan fingerprint density at radius 1 is 0.938 bits per heavy atom. The average Bonchev–Trinajstić information content (AvgIpc) is 2.83. The number of nitriles is 1. The lowest BCUT2D eigenvalue weighted by Crippen LogP contribution is -2.13. The van der Waals surface area contributed by atoms with Gasteiger partial charge in [0, 0.05) is 11.3 Å². The maximum Gasteiger partial charge on any atom is 0.266 e. The standard InChI is InChI=1S/C27H19FN2O2/c28-22-13-10-19(11-14-22)18-32-26-15-12-20-6-4-5-9-24(20)25(26)16-21(17-29)27(31)30-23-7-2-1-3-8-23/h1-16H,18H2,(H,30,31)/b21-16+. The topological polar surface area (TPSA) is 62.1 Å². The molecule has 0 unspecified atom stereocenters. The molecule has 4 nitrogen and oxygen atoms in total. The van der Waals surface area contributed by atoms with Crippen LogP contribution in [0.5, 0.6) is 5.75 Å². The van der Waals surface area contributed by atoms with Gasteiger partial charge in [0.05, 0.1) is 0 Å². The Hall–Kier alpha value is -4.43. The first-order chi connectivity index (χ1) is 15.6. The van der Waals surface area contributed by atoms with Gasteiger partial charge in [-0.25, -0.2) is 4.39 Å². The summed E-state index contributed by atoms with van der Waals surface area (Å²) in [6.07, 6.45) is 1.54. The molecule has 0 aliphatic carbocycles. The molecule has 0 atom stereocenters. The number of carbonyl (C=O) groups excluding carboxylic acids is 1. The van der Waals surface area contributed by atoms with Crippen LogP contribution in [-0.4, -0.2) is 5.91 Å². The number of amides is 1. The van der Waals surface area contributed by atoms with Crippen molar-refractivity contribution >= 4 is 28.4 Å². The third kappa shape index (κ3) is 4.82. The van der Waals surface area contributed by atoms with E-state index < -0.39 is 5.91 Å². The number of rotatable bonds is 6. The number of fused-ring (bicyclic) bond motifs is 1. The van der Waals surface area contributed by atoms with Crippen LogP contribution in [0.1, 0.15) is 11.1 Å². The van der Waals surface area contributed by atoms with E-state index in [0.29, 0.717) is 17.0 Å². The maximum absolute atomic E-state index is 13.2. The van der Waals surface area contributed by atoms with Crippen LogP contribution in [-0.2, 0) is 11.4 Å².